The third kappa shape index (κ3) is 15.0. The molecular formula is C36H54N4O7. The Hall–Kier alpha value is -3.89. The minimum absolute atomic E-state index is 0.0204. The fourth-order valence-electron chi connectivity index (χ4n) is 5.39. The number of rotatable bonds is 9. The molecule has 1 aliphatic rings. The van der Waals surface area contributed by atoms with Crippen molar-refractivity contribution in [3.05, 3.63) is 35.9 Å². The van der Waals surface area contributed by atoms with E-state index in [2.05, 4.69) is 21.3 Å². The molecule has 0 spiro atoms. The second kappa shape index (κ2) is 20.4. The fourth-order valence-corrected chi connectivity index (χ4v) is 5.39. The van der Waals surface area contributed by atoms with Gasteiger partial charge < -0.3 is 21.3 Å². The number of aryl methyl sites for hydroxylation is 1. The first kappa shape index (κ1) is 39.3. The van der Waals surface area contributed by atoms with Crippen LogP contribution in [0.15, 0.2) is 30.3 Å². The number of Topliss-reactive ketones (excluding diaryl/α,β-unsaturated/α-hetero) is 3. The summed E-state index contributed by atoms with van der Waals surface area (Å²) in [7, 11) is 0. The molecule has 1 aliphatic heterocycles. The van der Waals surface area contributed by atoms with Crippen LogP contribution >= 0.6 is 0 Å². The Morgan fingerprint density at radius 2 is 1.51 bits per heavy atom. The highest BCUT2D eigenvalue weighted by Gasteiger charge is 2.30. The molecule has 0 radical (unpaired) electrons. The molecule has 4 N–H and O–H groups in total. The molecule has 1 aromatic carbocycles. The molecule has 1 fully saturated rings. The predicted molar refractivity (Wildman–Crippen MR) is 179 cm³/mol. The number of nitrogens with one attached hydrogen (secondary N) is 4. The molecule has 5 atom stereocenters. The van der Waals surface area contributed by atoms with Gasteiger partial charge in [0.2, 0.25) is 23.6 Å². The highest BCUT2D eigenvalue weighted by Crippen LogP contribution is 2.19. The maximum absolute atomic E-state index is 13.3. The first-order valence-electron chi connectivity index (χ1n) is 17.1. The Labute approximate surface area is 279 Å². The number of ketones is 3. The largest absolute Gasteiger partial charge is 0.354 e. The average Bonchev–Trinajstić information content (AvgIpc) is 3.02. The monoisotopic (exact) mass is 654 g/mol. The molecule has 11 nitrogen and oxygen atoms in total. The van der Waals surface area contributed by atoms with Crippen molar-refractivity contribution in [2.75, 3.05) is 6.54 Å². The van der Waals surface area contributed by atoms with Crippen molar-refractivity contribution < 1.29 is 33.6 Å². The van der Waals surface area contributed by atoms with Gasteiger partial charge in [-0.3, -0.25) is 33.6 Å². The smallest absolute Gasteiger partial charge is 0.243 e. The van der Waals surface area contributed by atoms with Gasteiger partial charge in [-0.05, 0) is 51.0 Å². The van der Waals surface area contributed by atoms with Gasteiger partial charge in [-0.1, -0.05) is 63.9 Å². The van der Waals surface area contributed by atoms with E-state index in [4.69, 9.17) is 0 Å². The Balaban J connectivity index is 2.14. The highest BCUT2D eigenvalue weighted by atomic mass is 16.2. The van der Waals surface area contributed by atoms with E-state index in [0.717, 1.165) is 12.0 Å². The number of carbonyl (C=O) groups is 7. The van der Waals surface area contributed by atoms with Gasteiger partial charge in [-0.2, -0.15) is 0 Å². The standard InChI is InChI=1S/C36H54N4O7/c1-23(2)22-37-36(47)31-21-30(42)17-11-7-10-16-28(20-29(41)18-12-15-27-13-8-6-9-14-27)35(46)38-25(4)32(43)19-24(3)33(44)39-26(5)34(45)40-31/h6,8-9,13-14,23-26,28,31H,7,10-12,15-22H2,1-5H3,(H,37,47)(H,38,46)(H,39,44)(H,40,45)/t24-,25+,26+,28-,31+/m1/s1. The molecule has 0 saturated carbocycles. The zero-order valence-electron chi connectivity index (χ0n) is 28.7. The zero-order valence-corrected chi connectivity index (χ0v) is 28.7. The lowest BCUT2D eigenvalue weighted by molar-refractivity contribution is -0.135. The lowest BCUT2D eigenvalue weighted by atomic mass is 9.91. The van der Waals surface area contributed by atoms with Crippen molar-refractivity contribution in [2.24, 2.45) is 17.8 Å². The first-order valence-corrected chi connectivity index (χ1v) is 17.1. The van der Waals surface area contributed by atoms with Gasteiger partial charge in [-0.15, -0.1) is 0 Å². The molecule has 1 saturated heterocycles. The van der Waals surface area contributed by atoms with Crippen LogP contribution in [0, 0.1) is 17.8 Å². The molecule has 2 rings (SSSR count). The Kier molecular flexibility index (Phi) is 17.0. The number of hydrogen-bond acceptors (Lipinski definition) is 7. The molecule has 260 valence electrons. The molecule has 1 heterocycles. The van der Waals surface area contributed by atoms with Gasteiger partial charge >= 0.3 is 0 Å². The van der Waals surface area contributed by atoms with Crippen molar-refractivity contribution in [3.63, 3.8) is 0 Å². The number of hydrogen-bond donors (Lipinski definition) is 4. The molecule has 1 aromatic rings. The van der Waals surface area contributed by atoms with Crippen LogP contribution in [0.3, 0.4) is 0 Å². The van der Waals surface area contributed by atoms with Crippen LogP contribution in [0.25, 0.3) is 0 Å². The van der Waals surface area contributed by atoms with Crippen molar-refractivity contribution in [3.8, 4) is 0 Å². The molecule has 4 amide bonds. The minimum Gasteiger partial charge on any atom is -0.354 e. The summed E-state index contributed by atoms with van der Waals surface area (Å²) in [6.45, 7) is 8.80. The molecule has 0 bridgehead atoms. The summed E-state index contributed by atoms with van der Waals surface area (Å²) >= 11 is 0. The quantitative estimate of drug-likeness (QED) is 0.317. The number of benzene rings is 1. The summed E-state index contributed by atoms with van der Waals surface area (Å²) in [5, 5.41) is 10.7. The fraction of sp³-hybridized carbons (Fsp3) is 0.639. The molecule has 47 heavy (non-hydrogen) atoms. The maximum atomic E-state index is 13.3. The van der Waals surface area contributed by atoms with Crippen LogP contribution < -0.4 is 21.3 Å². The van der Waals surface area contributed by atoms with Crippen molar-refractivity contribution in [1.29, 1.82) is 0 Å². The SMILES string of the molecule is CC(C)CNC(=O)[C@@H]1CC(=O)CCCCC[C@H](CC(=O)CCCc2ccccc2)C(=O)N[C@@H](C)C(=O)C[C@@H](C)C(=O)N[C@@H](C)C(=O)N1. The molecule has 0 unspecified atom stereocenters. The Morgan fingerprint density at radius 1 is 0.830 bits per heavy atom. The average molecular weight is 655 g/mol. The summed E-state index contributed by atoms with van der Waals surface area (Å²) in [4.78, 5) is 90.8. The molecular weight excluding hydrogens is 600 g/mol. The van der Waals surface area contributed by atoms with E-state index in [9.17, 15) is 33.6 Å². The Morgan fingerprint density at radius 3 is 2.19 bits per heavy atom. The van der Waals surface area contributed by atoms with Crippen LogP contribution in [0.5, 0.6) is 0 Å². The normalized spacial score (nSPS) is 24.6. The third-order valence-corrected chi connectivity index (χ3v) is 8.42. The van der Waals surface area contributed by atoms with Crippen LogP contribution in [0.4, 0.5) is 0 Å². The van der Waals surface area contributed by atoms with Crippen LogP contribution in [0.1, 0.15) is 104 Å². The van der Waals surface area contributed by atoms with Crippen molar-refractivity contribution in [1.82, 2.24) is 21.3 Å². The van der Waals surface area contributed by atoms with E-state index in [1.54, 1.807) is 13.8 Å². The predicted octanol–water partition coefficient (Wildman–Crippen LogP) is 3.37. The summed E-state index contributed by atoms with van der Waals surface area (Å²) < 4.78 is 0. The van der Waals surface area contributed by atoms with E-state index < -0.39 is 47.7 Å². The van der Waals surface area contributed by atoms with E-state index in [0.29, 0.717) is 45.1 Å². The summed E-state index contributed by atoms with van der Waals surface area (Å²) in [6, 6.07) is 6.88. The summed E-state index contributed by atoms with van der Waals surface area (Å²) in [6.07, 6.45) is 3.82. The van der Waals surface area contributed by atoms with Gasteiger partial charge in [0.15, 0.2) is 5.78 Å². The van der Waals surface area contributed by atoms with E-state index in [1.165, 1.54) is 6.92 Å². The summed E-state index contributed by atoms with van der Waals surface area (Å²) in [5.74, 6) is -3.83. The minimum atomic E-state index is -1.10. The van der Waals surface area contributed by atoms with Gasteiger partial charge in [0.1, 0.15) is 23.7 Å². The molecule has 11 heteroatoms. The highest BCUT2D eigenvalue weighted by molar-refractivity contribution is 5.96. The van der Waals surface area contributed by atoms with E-state index in [-0.39, 0.29) is 54.9 Å². The molecule has 0 aromatic heterocycles. The number of carbonyl (C=O) groups excluding carboxylic acids is 7. The number of amides is 4. The molecule has 0 aliphatic carbocycles. The van der Waals surface area contributed by atoms with Gasteiger partial charge in [0, 0.05) is 50.5 Å². The lowest BCUT2D eigenvalue weighted by Gasteiger charge is -2.23. The van der Waals surface area contributed by atoms with Crippen LogP contribution in [-0.4, -0.2) is 65.6 Å². The zero-order chi connectivity index (χ0) is 34.9. The first-order chi connectivity index (χ1) is 22.3. The van der Waals surface area contributed by atoms with Crippen LogP contribution in [0.2, 0.25) is 0 Å². The van der Waals surface area contributed by atoms with Crippen molar-refractivity contribution >= 4 is 41.0 Å². The van der Waals surface area contributed by atoms with E-state index in [1.807, 2.05) is 44.2 Å². The van der Waals surface area contributed by atoms with Gasteiger partial charge in [0.05, 0.1) is 6.04 Å². The third-order valence-electron chi connectivity index (χ3n) is 8.42. The Bertz CT molecular complexity index is 1230. The second-order valence-corrected chi connectivity index (χ2v) is 13.4. The second-order valence-electron chi connectivity index (χ2n) is 13.4. The van der Waals surface area contributed by atoms with Crippen LogP contribution in [-0.2, 0) is 40.0 Å². The lowest BCUT2D eigenvalue weighted by Crippen LogP contribution is -2.54. The van der Waals surface area contributed by atoms with Gasteiger partial charge in [0.25, 0.3) is 0 Å². The van der Waals surface area contributed by atoms with Crippen molar-refractivity contribution in [2.45, 2.75) is 123 Å². The topological polar surface area (TPSA) is 168 Å². The van der Waals surface area contributed by atoms with Gasteiger partial charge in [-0.25, -0.2) is 0 Å². The van der Waals surface area contributed by atoms with E-state index >= 15 is 0 Å². The summed E-state index contributed by atoms with van der Waals surface area (Å²) in [5.41, 5.74) is 1.14. The maximum Gasteiger partial charge on any atom is 0.243 e.